The van der Waals surface area contributed by atoms with E-state index in [-0.39, 0.29) is 32.1 Å². The summed E-state index contributed by atoms with van der Waals surface area (Å²) in [7, 11) is -4.09. The SMILES string of the molecule is CC(C(=O)Nc1cccc2ncccc12)N1CCN(S(=O)(=O)c2cccc(C(F)(F)F)c2)CC1. The Morgan fingerprint density at radius 3 is 2.44 bits per heavy atom. The fraction of sp³-hybridized carbons (Fsp3) is 0.304. The third-order valence-electron chi connectivity index (χ3n) is 5.90. The van der Waals surface area contributed by atoms with Crippen molar-refractivity contribution in [2.45, 2.75) is 24.0 Å². The molecule has 1 N–H and O–H groups in total. The Bertz CT molecular complexity index is 1300. The summed E-state index contributed by atoms with van der Waals surface area (Å²) >= 11 is 0. The Labute approximate surface area is 195 Å². The van der Waals surface area contributed by atoms with E-state index in [0.29, 0.717) is 11.8 Å². The van der Waals surface area contributed by atoms with E-state index in [1.807, 2.05) is 17.0 Å². The first kappa shape index (κ1) is 24.1. The van der Waals surface area contributed by atoms with E-state index < -0.39 is 32.7 Å². The Balaban J connectivity index is 1.41. The lowest BCUT2D eigenvalue weighted by atomic mass is 10.1. The summed E-state index contributed by atoms with van der Waals surface area (Å²) in [4.78, 5) is 18.6. The van der Waals surface area contributed by atoms with Crippen molar-refractivity contribution in [3.8, 4) is 0 Å². The average Bonchev–Trinajstić information content (AvgIpc) is 2.83. The molecular weight excluding hydrogens is 469 g/mol. The van der Waals surface area contributed by atoms with Gasteiger partial charge in [0, 0.05) is 37.8 Å². The number of rotatable bonds is 5. The van der Waals surface area contributed by atoms with Crippen molar-refractivity contribution < 1.29 is 26.4 Å². The van der Waals surface area contributed by atoms with Gasteiger partial charge in [0.2, 0.25) is 15.9 Å². The summed E-state index contributed by atoms with van der Waals surface area (Å²) < 4.78 is 65.9. The molecule has 0 radical (unpaired) electrons. The number of hydrogen-bond acceptors (Lipinski definition) is 5. The number of carbonyl (C=O) groups excluding carboxylic acids is 1. The minimum atomic E-state index is -4.63. The molecule has 1 aromatic heterocycles. The summed E-state index contributed by atoms with van der Waals surface area (Å²) in [6, 6.07) is 12.3. The number of piperazine rings is 1. The fourth-order valence-corrected chi connectivity index (χ4v) is 5.40. The van der Waals surface area contributed by atoms with Crippen LogP contribution in [0.5, 0.6) is 0 Å². The Morgan fingerprint density at radius 2 is 1.74 bits per heavy atom. The number of amides is 1. The maximum atomic E-state index is 13.0. The summed E-state index contributed by atoms with van der Waals surface area (Å²) in [5.74, 6) is -0.245. The summed E-state index contributed by atoms with van der Waals surface area (Å²) in [5.41, 5.74) is 0.371. The van der Waals surface area contributed by atoms with Crippen molar-refractivity contribution in [2.75, 3.05) is 31.5 Å². The van der Waals surface area contributed by atoms with Crippen LogP contribution in [0.4, 0.5) is 18.9 Å². The van der Waals surface area contributed by atoms with Crippen LogP contribution in [0.25, 0.3) is 10.9 Å². The first-order valence-electron chi connectivity index (χ1n) is 10.6. The Hall–Kier alpha value is -3.02. The van der Waals surface area contributed by atoms with Crippen molar-refractivity contribution in [2.24, 2.45) is 0 Å². The number of pyridine rings is 1. The molecule has 2 heterocycles. The first-order valence-corrected chi connectivity index (χ1v) is 12.1. The van der Waals surface area contributed by atoms with Gasteiger partial charge in [-0.3, -0.25) is 14.7 Å². The molecule has 2 aromatic carbocycles. The number of sulfonamides is 1. The van der Waals surface area contributed by atoms with Gasteiger partial charge in [-0.15, -0.1) is 0 Å². The van der Waals surface area contributed by atoms with Gasteiger partial charge in [0.15, 0.2) is 0 Å². The predicted molar refractivity (Wildman–Crippen MR) is 122 cm³/mol. The normalized spacial score (nSPS) is 16.9. The zero-order valence-electron chi connectivity index (χ0n) is 18.3. The highest BCUT2D eigenvalue weighted by molar-refractivity contribution is 7.89. The third kappa shape index (κ3) is 4.91. The van der Waals surface area contributed by atoms with Crippen LogP contribution in [0.15, 0.2) is 65.7 Å². The molecule has 1 aliphatic heterocycles. The van der Waals surface area contributed by atoms with E-state index in [1.54, 1.807) is 31.3 Å². The van der Waals surface area contributed by atoms with Crippen LogP contribution in [0.2, 0.25) is 0 Å². The average molecular weight is 493 g/mol. The quantitative estimate of drug-likeness (QED) is 0.589. The summed E-state index contributed by atoms with van der Waals surface area (Å²) in [6.45, 7) is 2.40. The van der Waals surface area contributed by atoms with Crippen LogP contribution < -0.4 is 5.32 Å². The lowest BCUT2D eigenvalue weighted by molar-refractivity contribution is -0.137. The molecule has 1 fully saturated rings. The van der Waals surface area contributed by atoms with Crippen molar-refractivity contribution in [1.29, 1.82) is 0 Å². The number of anilines is 1. The van der Waals surface area contributed by atoms with Crippen molar-refractivity contribution in [1.82, 2.24) is 14.2 Å². The second-order valence-electron chi connectivity index (χ2n) is 8.01. The molecular formula is C23H23F3N4O3S. The molecule has 1 saturated heterocycles. The maximum Gasteiger partial charge on any atom is 0.416 e. The topological polar surface area (TPSA) is 82.6 Å². The van der Waals surface area contributed by atoms with Crippen LogP contribution in [-0.2, 0) is 21.0 Å². The van der Waals surface area contributed by atoms with Gasteiger partial charge in [0.25, 0.3) is 0 Å². The predicted octanol–water partition coefficient (Wildman–Crippen LogP) is 3.59. The molecule has 34 heavy (non-hydrogen) atoms. The number of fused-ring (bicyclic) bond motifs is 1. The van der Waals surface area contributed by atoms with Crippen molar-refractivity contribution >= 4 is 32.5 Å². The summed E-state index contributed by atoms with van der Waals surface area (Å²) in [5, 5.41) is 3.72. The van der Waals surface area contributed by atoms with Crippen LogP contribution >= 0.6 is 0 Å². The number of alkyl halides is 3. The van der Waals surface area contributed by atoms with E-state index in [9.17, 15) is 26.4 Å². The molecule has 3 aromatic rings. The zero-order chi connectivity index (χ0) is 24.5. The minimum absolute atomic E-state index is 0.0639. The van der Waals surface area contributed by atoms with E-state index in [4.69, 9.17) is 0 Å². The minimum Gasteiger partial charge on any atom is -0.324 e. The zero-order valence-corrected chi connectivity index (χ0v) is 19.1. The number of carbonyl (C=O) groups is 1. The number of nitrogens with zero attached hydrogens (tertiary/aromatic N) is 3. The number of aromatic nitrogens is 1. The molecule has 1 aliphatic rings. The molecule has 0 spiro atoms. The van der Waals surface area contributed by atoms with Crippen molar-refractivity contribution in [3.05, 3.63) is 66.4 Å². The number of hydrogen-bond donors (Lipinski definition) is 1. The summed E-state index contributed by atoms with van der Waals surface area (Å²) in [6.07, 6.45) is -2.96. The molecule has 0 aliphatic carbocycles. The standard InChI is InChI=1S/C23H23F3N4O3S/c1-16(22(31)28-21-9-3-8-20-19(21)7-4-10-27-20)29-11-13-30(14-12-29)34(32,33)18-6-2-5-17(15-18)23(24,25)26/h2-10,15-16H,11-14H2,1H3,(H,28,31). The molecule has 11 heteroatoms. The maximum absolute atomic E-state index is 13.0. The second-order valence-corrected chi connectivity index (χ2v) is 9.94. The highest BCUT2D eigenvalue weighted by atomic mass is 32.2. The van der Waals surface area contributed by atoms with Gasteiger partial charge in [-0.2, -0.15) is 17.5 Å². The van der Waals surface area contributed by atoms with Gasteiger partial charge in [-0.05, 0) is 49.4 Å². The van der Waals surface area contributed by atoms with Gasteiger partial charge in [-0.25, -0.2) is 8.42 Å². The lowest BCUT2D eigenvalue weighted by Crippen LogP contribution is -2.53. The number of nitrogens with one attached hydrogen (secondary N) is 1. The smallest absolute Gasteiger partial charge is 0.324 e. The fourth-order valence-electron chi connectivity index (χ4n) is 3.93. The molecule has 1 amide bonds. The third-order valence-corrected chi connectivity index (χ3v) is 7.80. The molecule has 0 saturated carbocycles. The van der Waals surface area contributed by atoms with Crippen molar-refractivity contribution in [3.63, 3.8) is 0 Å². The molecule has 0 bridgehead atoms. The monoisotopic (exact) mass is 492 g/mol. The van der Waals surface area contributed by atoms with Gasteiger partial charge in [0.05, 0.1) is 27.7 Å². The Kier molecular flexibility index (Phi) is 6.61. The van der Waals surface area contributed by atoms with Crippen LogP contribution in [0.3, 0.4) is 0 Å². The van der Waals surface area contributed by atoms with E-state index in [1.165, 1.54) is 0 Å². The number of benzene rings is 2. The lowest BCUT2D eigenvalue weighted by Gasteiger charge is -2.36. The van der Waals surface area contributed by atoms with Crippen LogP contribution in [0, 0.1) is 0 Å². The second kappa shape index (κ2) is 9.32. The molecule has 4 rings (SSSR count). The van der Waals surface area contributed by atoms with Gasteiger partial charge >= 0.3 is 6.18 Å². The number of halogens is 3. The first-order chi connectivity index (χ1) is 16.1. The molecule has 180 valence electrons. The molecule has 1 atom stereocenters. The van der Waals surface area contributed by atoms with Gasteiger partial charge < -0.3 is 5.32 Å². The van der Waals surface area contributed by atoms with E-state index >= 15 is 0 Å². The molecule has 1 unspecified atom stereocenters. The van der Waals surface area contributed by atoms with E-state index in [0.717, 1.165) is 33.4 Å². The largest absolute Gasteiger partial charge is 0.416 e. The van der Waals surface area contributed by atoms with Crippen LogP contribution in [0.1, 0.15) is 12.5 Å². The van der Waals surface area contributed by atoms with Crippen LogP contribution in [-0.4, -0.2) is 60.7 Å². The highest BCUT2D eigenvalue weighted by Crippen LogP contribution is 2.31. The van der Waals surface area contributed by atoms with E-state index in [2.05, 4.69) is 10.3 Å². The molecule has 7 nitrogen and oxygen atoms in total. The van der Waals surface area contributed by atoms with Gasteiger partial charge in [0.1, 0.15) is 0 Å². The highest BCUT2D eigenvalue weighted by Gasteiger charge is 2.35. The Morgan fingerprint density at radius 1 is 1.03 bits per heavy atom. The van der Waals surface area contributed by atoms with Gasteiger partial charge in [-0.1, -0.05) is 12.1 Å².